The Hall–Kier alpha value is -1.67. The molecule has 20 heavy (non-hydrogen) atoms. The molecular weight excluding hydrogens is 252 g/mol. The summed E-state index contributed by atoms with van der Waals surface area (Å²) in [5, 5.41) is 20.8. The monoisotopic (exact) mass is 276 g/mol. The Morgan fingerprint density at radius 2 is 2.00 bits per heavy atom. The zero-order valence-corrected chi connectivity index (χ0v) is 12.9. The normalized spacial score (nSPS) is 10.6. The van der Waals surface area contributed by atoms with E-state index in [1.807, 2.05) is 13.8 Å². The van der Waals surface area contributed by atoms with Crippen LogP contribution in [0.5, 0.6) is 0 Å². The van der Waals surface area contributed by atoms with Gasteiger partial charge in [0.05, 0.1) is 12.3 Å². The van der Waals surface area contributed by atoms with Gasteiger partial charge in [0, 0.05) is 13.2 Å². The summed E-state index contributed by atoms with van der Waals surface area (Å²) in [6.07, 6.45) is 1.59. The molecule has 0 saturated heterocycles. The maximum absolute atomic E-state index is 9.34. The quantitative estimate of drug-likeness (QED) is 0.739. The minimum Gasteiger partial charge on any atom is -0.379 e. The van der Waals surface area contributed by atoms with E-state index in [1.54, 1.807) is 0 Å². The van der Waals surface area contributed by atoms with Gasteiger partial charge in [0.1, 0.15) is 11.6 Å². The molecule has 0 aliphatic rings. The van der Waals surface area contributed by atoms with Crippen molar-refractivity contribution in [2.24, 2.45) is 5.92 Å². The van der Waals surface area contributed by atoms with E-state index in [9.17, 15) is 5.26 Å². The smallest absolute Gasteiger partial charge is 0.167 e. The van der Waals surface area contributed by atoms with Gasteiger partial charge in [-0.2, -0.15) is 10.4 Å². The fourth-order valence-electron chi connectivity index (χ4n) is 1.98. The Balaban J connectivity index is 2.69. The fraction of sp³-hybridized carbons (Fsp3) is 0.667. The lowest BCUT2D eigenvalue weighted by molar-refractivity contribution is 0.118. The van der Waals surface area contributed by atoms with E-state index in [4.69, 9.17) is 4.74 Å². The van der Waals surface area contributed by atoms with Gasteiger partial charge in [-0.25, -0.2) is 0 Å². The number of nitriles is 1. The van der Waals surface area contributed by atoms with E-state index in [2.05, 4.69) is 35.4 Å². The average Bonchev–Trinajstić information content (AvgIpc) is 2.45. The van der Waals surface area contributed by atoms with Gasteiger partial charge in [-0.05, 0) is 24.3 Å². The second kappa shape index (κ2) is 8.49. The van der Waals surface area contributed by atoms with Gasteiger partial charge >= 0.3 is 0 Å². The summed E-state index contributed by atoms with van der Waals surface area (Å²) in [6.45, 7) is 10.3. The van der Waals surface area contributed by atoms with Crippen LogP contribution in [0.25, 0.3) is 0 Å². The molecule has 1 N–H and O–H groups in total. The van der Waals surface area contributed by atoms with Crippen LogP contribution in [0.15, 0.2) is 0 Å². The molecule has 0 radical (unpaired) electrons. The molecule has 0 bridgehead atoms. The highest BCUT2D eigenvalue weighted by Crippen LogP contribution is 2.19. The van der Waals surface area contributed by atoms with Crippen molar-refractivity contribution in [2.45, 2.75) is 40.5 Å². The lowest BCUT2D eigenvalue weighted by Gasteiger charge is -2.12. The third kappa shape index (κ3) is 4.46. The summed E-state index contributed by atoms with van der Waals surface area (Å²) in [7, 11) is 0. The molecule has 0 spiro atoms. The SMILES string of the molecule is CCc1nnc(NCCOCC(C)C)c(C#N)c1CC. The molecule has 1 rings (SSSR count). The first-order chi connectivity index (χ1) is 9.63. The Morgan fingerprint density at radius 1 is 1.25 bits per heavy atom. The van der Waals surface area contributed by atoms with Gasteiger partial charge in [-0.1, -0.05) is 27.7 Å². The molecule has 0 amide bonds. The van der Waals surface area contributed by atoms with E-state index >= 15 is 0 Å². The van der Waals surface area contributed by atoms with Crippen LogP contribution in [-0.4, -0.2) is 30.0 Å². The molecule has 5 nitrogen and oxygen atoms in total. The second-order valence-corrected chi connectivity index (χ2v) is 5.06. The maximum atomic E-state index is 9.34. The van der Waals surface area contributed by atoms with Crippen LogP contribution in [0, 0.1) is 17.2 Å². The number of hydrogen-bond donors (Lipinski definition) is 1. The highest BCUT2D eigenvalue weighted by Gasteiger charge is 2.13. The number of rotatable bonds is 8. The highest BCUT2D eigenvalue weighted by molar-refractivity contribution is 5.56. The molecule has 1 aromatic rings. The van der Waals surface area contributed by atoms with Gasteiger partial charge in [-0.15, -0.1) is 5.10 Å². The van der Waals surface area contributed by atoms with Gasteiger partial charge < -0.3 is 10.1 Å². The maximum Gasteiger partial charge on any atom is 0.167 e. The standard InChI is InChI=1S/C15H24N4O/c1-5-12-13(9-16)15(19-18-14(12)6-2)17-7-8-20-10-11(3)4/h11H,5-8,10H2,1-4H3,(H,17,19). The van der Waals surface area contributed by atoms with Crippen LogP contribution in [0.3, 0.4) is 0 Å². The Bertz CT molecular complexity index is 466. The van der Waals surface area contributed by atoms with Crippen LogP contribution in [-0.2, 0) is 17.6 Å². The number of anilines is 1. The van der Waals surface area contributed by atoms with Gasteiger partial charge in [0.2, 0.25) is 0 Å². The minimum atomic E-state index is 0.528. The molecular formula is C15H24N4O. The molecule has 5 heteroatoms. The predicted octanol–water partition coefficient (Wildman–Crippen LogP) is 2.56. The molecule has 0 aromatic carbocycles. The number of ether oxygens (including phenoxy) is 1. The average molecular weight is 276 g/mol. The third-order valence-electron chi connectivity index (χ3n) is 2.95. The molecule has 0 unspecified atom stereocenters. The summed E-state index contributed by atoms with van der Waals surface area (Å²) < 4.78 is 5.50. The molecule has 1 heterocycles. The van der Waals surface area contributed by atoms with Gasteiger partial charge in [0.25, 0.3) is 0 Å². The number of aromatic nitrogens is 2. The zero-order chi connectivity index (χ0) is 15.0. The Kier molecular flexibility index (Phi) is 6.96. The Morgan fingerprint density at radius 3 is 2.55 bits per heavy atom. The van der Waals surface area contributed by atoms with E-state index in [1.165, 1.54) is 0 Å². The van der Waals surface area contributed by atoms with Crippen molar-refractivity contribution in [2.75, 3.05) is 25.1 Å². The van der Waals surface area contributed by atoms with E-state index in [0.717, 1.165) is 30.7 Å². The molecule has 0 aliphatic heterocycles. The van der Waals surface area contributed by atoms with Crippen LogP contribution >= 0.6 is 0 Å². The van der Waals surface area contributed by atoms with E-state index in [0.29, 0.717) is 30.5 Å². The first kappa shape index (κ1) is 16.4. The zero-order valence-electron chi connectivity index (χ0n) is 12.9. The van der Waals surface area contributed by atoms with Crippen LogP contribution in [0.2, 0.25) is 0 Å². The summed E-state index contributed by atoms with van der Waals surface area (Å²) in [5.41, 5.74) is 2.52. The molecule has 110 valence electrons. The fourth-order valence-corrected chi connectivity index (χ4v) is 1.98. The lowest BCUT2D eigenvalue weighted by atomic mass is 10.0. The number of aryl methyl sites for hydroxylation is 1. The van der Waals surface area contributed by atoms with Crippen LogP contribution in [0.1, 0.15) is 44.5 Å². The summed E-state index contributed by atoms with van der Waals surface area (Å²) in [6, 6.07) is 2.24. The summed E-state index contributed by atoms with van der Waals surface area (Å²) in [5.74, 6) is 1.09. The van der Waals surface area contributed by atoms with Crippen LogP contribution < -0.4 is 5.32 Å². The van der Waals surface area contributed by atoms with Crippen LogP contribution in [0.4, 0.5) is 5.82 Å². The third-order valence-corrected chi connectivity index (χ3v) is 2.95. The number of nitrogens with zero attached hydrogens (tertiary/aromatic N) is 3. The molecule has 0 aliphatic carbocycles. The number of hydrogen-bond acceptors (Lipinski definition) is 5. The van der Waals surface area contributed by atoms with Crippen molar-refractivity contribution in [3.8, 4) is 6.07 Å². The first-order valence-corrected chi connectivity index (χ1v) is 7.24. The van der Waals surface area contributed by atoms with Crippen molar-refractivity contribution in [1.29, 1.82) is 5.26 Å². The molecule has 1 aromatic heterocycles. The lowest BCUT2D eigenvalue weighted by Crippen LogP contribution is -2.15. The second-order valence-electron chi connectivity index (χ2n) is 5.06. The van der Waals surface area contributed by atoms with E-state index < -0.39 is 0 Å². The summed E-state index contributed by atoms with van der Waals surface area (Å²) in [4.78, 5) is 0. The van der Waals surface area contributed by atoms with Crippen molar-refractivity contribution < 1.29 is 4.74 Å². The topological polar surface area (TPSA) is 70.8 Å². The minimum absolute atomic E-state index is 0.528. The van der Waals surface area contributed by atoms with E-state index in [-0.39, 0.29) is 0 Å². The molecule has 0 saturated carbocycles. The highest BCUT2D eigenvalue weighted by atomic mass is 16.5. The van der Waals surface area contributed by atoms with Crippen molar-refractivity contribution in [3.05, 3.63) is 16.8 Å². The van der Waals surface area contributed by atoms with Crippen molar-refractivity contribution >= 4 is 5.82 Å². The molecule has 0 atom stereocenters. The predicted molar refractivity (Wildman–Crippen MR) is 79.6 cm³/mol. The van der Waals surface area contributed by atoms with Gasteiger partial charge in [0.15, 0.2) is 5.82 Å². The van der Waals surface area contributed by atoms with Gasteiger partial charge in [-0.3, -0.25) is 0 Å². The largest absolute Gasteiger partial charge is 0.379 e. The summed E-state index contributed by atoms with van der Waals surface area (Å²) >= 11 is 0. The van der Waals surface area contributed by atoms with Crippen molar-refractivity contribution in [3.63, 3.8) is 0 Å². The van der Waals surface area contributed by atoms with Crippen molar-refractivity contribution in [1.82, 2.24) is 10.2 Å². The first-order valence-electron chi connectivity index (χ1n) is 7.24. The molecule has 0 fully saturated rings. The number of nitrogens with one attached hydrogen (secondary N) is 1. The Labute approximate surface area is 121 Å².